The number of rotatable bonds is 6. The molecule has 0 bridgehead atoms. The molecule has 0 radical (unpaired) electrons. The van der Waals surface area contributed by atoms with Crippen LogP contribution in [0.2, 0.25) is 0 Å². The zero-order chi connectivity index (χ0) is 19.6. The quantitative estimate of drug-likeness (QED) is 0.441. The number of anilines is 1. The number of nitrogens with zero attached hydrogens (tertiary/aromatic N) is 4. The van der Waals surface area contributed by atoms with Gasteiger partial charge in [-0.2, -0.15) is 0 Å². The van der Waals surface area contributed by atoms with Crippen LogP contribution in [-0.4, -0.2) is 47.9 Å². The average molecular weight is 425 g/mol. The Balaban J connectivity index is 0.00000280. The van der Waals surface area contributed by atoms with Gasteiger partial charge in [-0.3, -0.25) is 19.8 Å². The predicted octanol–water partition coefficient (Wildman–Crippen LogP) is 3.97. The summed E-state index contributed by atoms with van der Waals surface area (Å²) in [6.07, 6.45) is 0. The highest BCUT2D eigenvalue weighted by Crippen LogP contribution is 2.32. The van der Waals surface area contributed by atoms with Gasteiger partial charge in [-0.1, -0.05) is 29.5 Å². The van der Waals surface area contributed by atoms with Crippen molar-refractivity contribution in [3.8, 4) is 0 Å². The Labute approximate surface area is 171 Å². The van der Waals surface area contributed by atoms with Crippen LogP contribution in [0, 0.1) is 15.9 Å². The Morgan fingerprint density at radius 1 is 1.18 bits per heavy atom. The molecule has 0 unspecified atom stereocenters. The fraction of sp³-hybridized carbons (Fsp3) is 0.222. The molecule has 0 atom stereocenters. The van der Waals surface area contributed by atoms with Crippen molar-refractivity contribution in [3.05, 3.63) is 64.0 Å². The first kappa shape index (κ1) is 21.7. The Morgan fingerprint density at radius 2 is 1.89 bits per heavy atom. The summed E-state index contributed by atoms with van der Waals surface area (Å²) in [6, 6.07) is 10.4. The topological polar surface area (TPSA) is 79.6 Å². The number of benzene rings is 2. The largest absolute Gasteiger partial charge is 0.308 e. The molecule has 1 aromatic heterocycles. The fourth-order valence-electron chi connectivity index (χ4n) is 2.56. The zero-order valence-electron chi connectivity index (χ0n) is 15.2. The van der Waals surface area contributed by atoms with Gasteiger partial charge in [0.05, 0.1) is 9.62 Å². The number of nitro benzene ring substituents is 1. The highest BCUT2D eigenvalue weighted by Gasteiger charge is 2.27. The molecule has 28 heavy (non-hydrogen) atoms. The van der Waals surface area contributed by atoms with E-state index in [2.05, 4.69) is 4.98 Å². The van der Waals surface area contributed by atoms with E-state index in [1.54, 1.807) is 18.2 Å². The van der Waals surface area contributed by atoms with Gasteiger partial charge in [0.1, 0.15) is 16.9 Å². The molecule has 0 aliphatic carbocycles. The number of nitro groups is 1. The Hall–Kier alpha value is -2.62. The number of carbonyl (C=O) groups excluding carboxylic acids is 1. The molecular formula is C18H18ClFN4O3S. The summed E-state index contributed by atoms with van der Waals surface area (Å²) in [4.78, 5) is 31.4. The summed E-state index contributed by atoms with van der Waals surface area (Å²) in [6.45, 7) is 0.782. The maximum absolute atomic E-state index is 14.0. The number of hydrogen-bond donors (Lipinski definition) is 0. The first-order valence-electron chi connectivity index (χ1n) is 8.13. The Bertz CT molecular complexity index is 1010. The lowest BCUT2D eigenvalue weighted by Gasteiger charge is -2.21. The van der Waals surface area contributed by atoms with Crippen molar-refractivity contribution in [2.24, 2.45) is 0 Å². The second kappa shape index (κ2) is 9.05. The lowest BCUT2D eigenvalue weighted by Crippen LogP contribution is -2.37. The molecule has 3 aromatic rings. The summed E-state index contributed by atoms with van der Waals surface area (Å²) in [7, 11) is 3.71. The van der Waals surface area contributed by atoms with Crippen molar-refractivity contribution in [3.63, 3.8) is 0 Å². The lowest BCUT2D eigenvalue weighted by molar-refractivity contribution is -0.385. The van der Waals surface area contributed by atoms with Crippen LogP contribution in [0.15, 0.2) is 42.5 Å². The second-order valence-electron chi connectivity index (χ2n) is 6.12. The van der Waals surface area contributed by atoms with Gasteiger partial charge < -0.3 is 4.90 Å². The smallest absolute Gasteiger partial charge is 0.282 e. The van der Waals surface area contributed by atoms with Crippen LogP contribution in [0.4, 0.5) is 15.2 Å². The van der Waals surface area contributed by atoms with Crippen molar-refractivity contribution < 1.29 is 14.1 Å². The second-order valence-corrected chi connectivity index (χ2v) is 7.13. The molecule has 0 spiro atoms. The number of aromatic nitrogens is 1. The first-order chi connectivity index (χ1) is 12.9. The molecule has 0 saturated carbocycles. The third-order valence-corrected chi connectivity index (χ3v) is 4.98. The fourth-order valence-corrected chi connectivity index (χ4v) is 3.57. The van der Waals surface area contributed by atoms with Crippen molar-refractivity contribution in [2.45, 2.75) is 0 Å². The number of amides is 1. The van der Waals surface area contributed by atoms with Gasteiger partial charge in [-0.05, 0) is 32.3 Å². The molecular weight excluding hydrogens is 407 g/mol. The van der Waals surface area contributed by atoms with E-state index in [1.165, 1.54) is 40.5 Å². The highest BCUT2D eigenvalue weighted by atomic mass is 35.5. The Morgan fingerprint density at radius 3 is 2.54 bits per heavy atom. The van der Waals surface area contributed by atoms with Crippen LogP contribution in [0.1, 0.15) is 10.4 Å². The maximum atomic E-state index is 14.0. The van der Waals surface area contributed by atoms with Crippen molar-refractivity contribution in [2.75, 3.05) is 32.1 Å². The summed E-state index contributed by atoms with van der Waals surface area (Å²) < 4.78 is 14.6. The van der Waals surface area contributed by atoms with Gasteiger partial charge >= 0.3 is 0 Å². The van der Waals surface area contributed by atoms with Gasteiger partial charge in [-0.15, -0.1) is 12.4 Å². The van der Waals surface area contributed by atoms with Crippen LogP contribution in [0.25, 0.3) is 10.2 Å². The minimum Gasteiger partial charge on any atom is -0.308 e. The van der Waals surface area contributed by atoms with Gasteiger partial charge in [0.2, 0.25) is 0 Å². The molecule has 1 amide bonds. The molecule has 2 aromatic carbocycles. The van der Waals surface area contributed by atoms with E-state index in [1.807, 2.05) is 19.0 Å². The normalized spacial score (nSPS) is 10.7. The number of likely N-dealkylation sites (N-methyl/N-ethyl adjacent to an activating group) is 1. The molecule has 0 fully saturated rings. The average Bonchev–Trinajstić information content (AvgIpc) is 3.06. The third-order valence-electron chi connectivity index (χ3n) is 3.94. The van der Waals surface area contributed by atoms with Gasteiger partial charge in [0.15, 0.2) is 5.13 Å². The zero-order valence-corrected chi connectivity index (χ0v) is 16.8. The van der Waals surface area contributed by atoms with Gasteiger partial charge in [-0.25, -0.2) is 9.37 Å². The first-order valence-corrected chi connectivity index (χ1v) is 8.95. The van der Waals surface area contributed by atoms with Crippen LogP contribution >= 0.6 is 23.7 Å². The summed E-state index contributed by atoms with van der Waals surface area (Å²) >= 11 is 1.17. The van der Waals surface area contributed by atoms with Crippen LogP contribution in [0.3, 0.4) is 0 Å². The molecule has 0 saturated heterocycles. The highest BCUT2D eigenvalue weighted by molar-refractivity contribution is 7.22. The van der Waals surface area contributed by atoms with Crippen LogP contribution in [0.5, 0.6) is 0 Å². The number of para-hydroxylation sites is 2. The third kappa shape index (κ3) is 4.44. The van der Waals surface area contributed by atoms with E-state index in [0.29, 0.717) is 16.4 Å². The van der Waals surface area contributed by atoms with Crippen molar-refractivity contribution in [1.82, 2.24) is 9.88 Å². The minimum absolute atomic E-state index is 0. The molecule has 10 heteroatoms. The molecule has 3 rings (SSSR count). The minimum atomic E-state index is -0.588. The van der Waals surface area contributed by atoms with E-state index in [0.717, 1.165) is 0 Å². The molecule has 1 heterocycles. The molecule has 7 nitrogen and oxygen atoms in total. The van der Waals surface area contributed by atoms with E-state index < -0.39 is 16.6 Å². The summed E-state index contributed by atoms with van der Waals surface area (Å²) in [5.41, 5.74) is -0.117. The number of carbonyl (C=O) groups is 1. The lowest BCUT2D eigenvalue weighted by atomic mass is 10.1. The van der Waals surface area contributed by atoms with Crippen LogP contribution in [-0.2, 0) is 0 Å². The van der Waals surface area contributed by atoms with Gasteiger partial charge in [0, 0.05) is 19.2 Å². The molecule has 148 valence electrons. The van der Waals surface area contributed by atoms with Crippen molar-refractivity contribution >= 4 is 50.7 Å². The number of halogens is 2. The van der Waals surface area contributed by atoms with Crippen molar-refractivity contribution in [1.29, 1.82) is 0 Å². The van der Waals surface area contributed by atoms with Crippen LogP contribution < -0.4 is 4.90 Å². The SMILES string of the molecule is CN(C)CCN(C(=O)c1ccccc1[N+](=O)[O-])c1nc2c(F)cccc2s1.Cl. The van der Waals surface area contributed by atoms with E-state index in [4.69, 9.17) is 0 Å². The molecule has 0 aliphatic rings. The van der Waals surface area contributed by atoms with E-state index in [-0.39, 0.29) is 35.7 Å². The number of hydrogen-bond acceptors (Lipinski definition) is 6. The van der Waals surface area contributed by atoms with E-state index >= 15 is 0 Å². The van der Waals surface area contributed by atoms with E-state index in [9.17, 15) is 19.3 Å². The number of fused-ring (bicyclic) bond motifs is 1. The molecule has 0 N–H and O–H groups in total. The summed E-state index contributed by atoms with van der Waals surface area (Å²) in [5.74, 6) is -1.01. The summed E-state index contributed by atoms with van der Waals surface area (Å²) in [5, 5.41) is 11.6. The standard InChI is InChI=1S/C18H17FN4O3S.ClH/c1-21(2)10-11-22(17(24)12-6-3-4-8-14(12)23(25)26)18-20-16-13(19)7-5-9-15(16)27-18;/h3-9H,10-11H2,1-2H3;1H. The monoisotopic (exact) mass is 424 g/mol. The van der Waals surface area contributed by atoms with Gasteiger partial charge in [0.25, 0.3) is 11.6 Å². The number of thiazole rings is 1. The Kier molecular flexibility index (Phi) is 7.00. The maximum Gasteiger partial charge on any atom is 0.282 e. The molecule has 0 aliphatic heterocycles. The predicted molar refractivity (Wildman–Crippen MR) is 110 cm³/mol.